The molecule has 1 atom stereocenters. The highest BCUT2D eigenvalue weighted by Crippen LogP contribution is 2.39. The van der Waals surface area contributed by atoms with E-state index in [0.29, 0.717) is 20.6 Å². The van der Waals surface area contributed by atoms with Crippen molar-refractivity contribution in [2.24, 2.45) is 11.1 Å². The van der Waals surface area contributed by atoms with Gasteiger partial charge in [-0.1, -0.05) is 41.9 Å². The SMILES string of the molecule is Cc1nc(N2CCC(C)([C@H](C)N)CC2)c(CO)nc1Sc1cc(N)nc(Cl)c1Cl. The number of pyridine rings is 1. The van der Waals surface area contributed by atoms with Crippen molar-refractivity contribution < 1.29 is 5.11 Å². The van der Waals surface area contributed by atoms with E-state index in [4.69, 9.17) is 39.7 Å². The van der Waals surface area contributed by atoms with E-state index in [1.165, 1.54) is 11.8 Å². The first kappa shape index (κ1) is 22.4. The zero-order chi connectivity index (χ0) is 21.3. The molecule has 3 heterocycles. The second-order valence-corrected chi connectivity index (χ2v) is 9.49. The van der Waals surface area contributed by atoms with Gasteiger partial charge in [0.05, 0.1) is 17.3 Å². The van der Waals surface area contributed by atoms with Crippen molar-refractivity contribution in [1.82, 2.24) is 15.0 Å². The Labute approximate surface area is 185 Å². The van der Waals surface area contributed by atoms with Gasteiger partial charge in [-0.2, -0.15) is 0 Å². The highest BCUT2D eigenvalue weighted by atomic mass is 35.5. The molecule has 3 rings (SSSR count). The van der Waals surface area contributed by atoms with Crippen molar-refractivity contribution in [3.8, 4) is 0 Å². The monoisotopic (exact) mass is 456 g/mol. The average molecular weight is 457 g/mol. The van der Waals surface area contributed by atoms with Crippen molar-refractivity contribution in [3.05, 3.63) is 27.6 Å². The summed E-state index contributed by atoms with van der Waals surface area (Å²) in [5, 5.41) is 11.0. The van der Waals surface area contributed by atoms with Crippen LogP contribution >= 0.6 is 35.0 Å². The van der Waals surface area contributed by atoms with Crippen LogP contribution in [0.25, 0.3) is 0 Å². The molecule has 158 valence electrons. The van der Waals surface area contributed by atoms with Crippen LogP contribution in [0, 0.1) is 12.3 Å². The van der Waals surface area contributed by atoms with Crippen LogP contribution in [0.1, 0.15) is 38.1 Å². The highest BCUT2D eigenvalue weighted by Gasteiger charge is 2.34. The quantitative estimate of drug-likeness (QED) is 0.583. The van der Waals surface area contributed by atoms with Gasteiger partial charge in [0.15, 0.2) is 11.0 Å². The van der Waals surface area contributed by atoms with Crippen molar-refractivity contribution in [2.75, 3.05) is 23.7 Å². The molecule has 0 unspecified atom stereocenters. The summed E-state index contributed by atoms with van der Waals surface area (Å²) in [5.41, 5.74) is 13.3. The summed E-state index contributed by atoms with van der Waals surface area (Å²) in [7, 11) is 0. The Morgan fingerprint density at radius 1 is 1.28 bits per heavy atom. The van der Waals surface area contributed by atoms with E-state index in [1.807, 2.05) is 6.92 Å². The maximum absolute atomic E-state index is 9.93. The number of anilines is 2. The fourth-order valence-electron chi connectivity index (χ4n) is 3.34. The number of aromatic nitrogens is 3. The second kappa shape index (κ2) is 8.81. The molecule has 10 heteroatoms. The minimum Gasteiger partial charge on any atom is -0.390 e. The third-order valence-electron chi connectivity index (χ3n) is 5.64. The van der Waals surface area contributed by atoms with Gasteiger partial charge in [-0.05, 0) is 38.2 Å². The predicted molar refractivity (Wildman–Crippen MR) is 119 cm³/mol. The van der Waals surface area contributed by atoms with Crippen LogP contribution in [0.4, 0.5) is 11.6 Å². The lowest BCUT2D eigenvalue weighted by Gasteiger charge is -2.42. The number of hydrogen-bond donors (Lipinski definition) is 3. The van der Waals surface area contributed by atoms with Crippen LogP contribution in [0.3, 0.4) is 0 Å². The third-order valence-corrected chi connectivity index (χ3v) is 7.63. The van der Waals surface area contributed by atoms with Crippen molar-refractivity contribution in [1.29, 1.82) is 0 Å². The molecule has 0 bridgehead atoms. The molecule has 0 radical (unpaired) electrons. The van der Waals surface area contributed by atoms with Gasteiger partial charge >= 0.3 is 0 Å². The molecule has 7 nitrogen and oxygen atoms in total. The normalized spacial score (nSPS) is 17.4. The maximum atomic E-state index is 9.93. The zero-order valence-corrected chi connectivity index (χ0v) is 19.1. The molecule has 2 aromatic rings. The van der Waals surface area contributed by atoms with E-state index in [0.717, 1.165) is 37.4 Å². The second-order valence-electron chi connectivity index (χ2n) is 7.72. The first-order valence-corrected chi connectivity index (χ1v) is 11.0. The van der Waals surface area contributed by atoms with Crippen LogP contribution in [0.2, 0.25) is 10.2 Å². The van der Waals surface area contributed by atoms with Crippen LogP contribution < -0.4 is 16.4 Å². The molecule has 2 aromatic heterocycles. The van der Waals surface area contributed by atoms with Crippen molar-refractivity contribution in [2.45, 2.75) is 56.2 Å². The van der Waals surface area contributed by atoms with E-state index < -0.39 is 0 Å². The highest BCUT2D eigenvalue weighted by molar-refractivity contribution is 7.99. The molecule has 0 aliphatic carbocycles. The fourth-order valence-corrected chi connectivity index (χ4v) is 4.73. The Bertz CT molecular complexity index is 903. The molecule has 1 saturated heterocycles. The minimum absolute atomic E-state index is 0.117. The lowest BCUT2D eigenvalue weighted by atomic mass is 9.75. The number of aliphatic hydroxyl groups is 1. The van der Waals surface area contributed by atoms with E-state index >= 15 is 0 Å². The molecular weight excluding hydrogens is 431 g/mol. The van der Waals surface area contributed by atoms with E-state index in [9.17, 15) is 5.11 Å². The number of nitrogens with two attached hydrogens (primary N) is 2. The summed E-state index contributed by atoms with van der Waals surface area (Å²) in [6, 6.07) is 1.78. The first-order chi connectivity index (χ1) is 13.6. The van der Waals surface area contributed by atoms with Crippen molar-refractivity contribution >= 4 is 46.6 Å². The Balaban J connectivity index is 1.87. The van der Waals surface area contributed by atoms with Gasteiger partial charge in [0.2, 0.25) is 0 Å². The zero-order valence-electron chi connectivity index (χ0n) is 16.7. The van der Waals surface area contributed by atoms with Gasteiger partial charge < -0.3 is 21.5 Å². The van der Waals surface area contributed by atoms with Crippen molar-refractivity contribution in [3.63, 3.8) is 0 Å². The molecule has 5 N–H and O–H groups in total. The number of nitrogen functional groups attached to an aromatic ring is 1. The Kier molecular flexibility index (Phi) is 6.80. The van der Waals surface area contributed by atoms with E-state index in [-0.39, 0.29) is 29.0 Å². The molecule has 1 aliphatic rings. The number of rotatable bonds is 5. The first-order valence-electron chi connectivity index (χ1n) is 9.43. The molecule has 0 spiro atoms. The minimum atomic E-state index is -0.204. The molecule has 0 saturated carbocycles. The molecule has 1 fully saturated rings. The number of piperidine rings is 1. The summed E-state index contributed by atoms with van der Waals surface area (Å²) in [4.78, 5) is 16.2. The summed E-state index contributed by atoms with van der Waals surface area (Å²) < 4.78 is 0. The van der Waals surface area contributed by atoms with Crippen LogP contribution in [0.15, 0.2) is 16.0 Å². The Morgan fingerprint density at radius 3 is 2.52 bits per heavy atom. The lowest BCUT2D eigenvalue weighted by molar-refractivity contribution is 0.204. The predicted octanol–water partition coefficient (Wildman–Crippen LogP) is 3.67. The number of aliphatic hydroxyl groups excluding tert-OH is 1. The molecular formula is C19H26Cl2N6OS. The fraction of sp³-hybridized carbons (Fsp3) is 0.526. The molecule has 0 aromatic carbocycles. The van der Waals surface area contributed by atoms with E-state index in [1.54, 1.807) is 6.07 Å². The topological polar surface area (TPSA) is 114 Å². The van der Waals surface area contributed by atoms with Gasteiger partial charge in [0, 0.05) is 24.0 Å². The number of aryl methyl sites for hydroxylation is 1. The summed E-state index contributed by atoms with van der Waals surface area (Å²) in [6.45, 7) is 7.63. The largest absolute Gasteiger partial charge is 0.390 e. The molecule has 29 heavy (non-hydrogen) atoms. The van der Waals surface area contributed by atoms with Gasteiger partial charge in [-0.3, -0.25) is 0 Å². The van der Waals surface area contributed by atoms with Gasteiger partial charge in [0.25, 0.3) is 0 Å². The summed E-state index contributed by atoms with van der Waals surface area (Å²) in [6.07, 6.45) is 1.94. The van der Waals surface area contributed by atoms with Crippen LogP contribution in [-0.2, 0) is 6.61 Å². The van der Waals surface area contributed by atoms with Gasteiger partial charge in [-0.15, -0.1) is 0 Å². The van der Waals surface area contributed by atoms with Crippen LogP contribution in [-0.4, -0.2) is 39.2 Å². The summed E-state index contributed by atoms with van der Waals surface area (Å²) in [5.74, 6) is 0.997. The maximum Gasteiger partial charge on any atom is 0.153 e. The Hall–Kier alpha value is -1.32. The van der Waals surface area contributed by atoms with Gasteiger partial charge in [0.1, 0.15) is 16.5 Å². The molecule has 1 aliphatic heterocycles. The smallest absolute Gasteiger partial charge is 0.153 e. The number of halogens is 2. The lowest BCUT2D eigenvalue weighted by Crippen LogP contribution is -2.47. The van der Waals surface area contributed by atoms with Gasteiger partial charge in [-0.25, -0.2) is 15.0 Å². The average Bonchev–Trinajstić information content (AvgIpc) is 2.67. The number of nitrogens with zero attached hydrogens (tertiary/aromatic N) is 4. The molecule has 0 amide bonds. The standard InChI is InChI=1S/C19H26Cl2N6OS/c1-10-18(29-13-8-14(23)26-16(21)15(13)20)25-12(9-28)17(24-10)27-6-4-19(3,5-7-27)11(2)22/h8,11,28H,4-7,9,22H2,1-3H3,(H2,23,26)/t11-/m0/s1. The van der Waals surface area contributed by atoms with E-state index in [2.05, 4.69) is 28.7 Å². The van der Waals surface area contributed by atoms with Crippen LogP contribution in [0.5, 0.6) is 0 Å². The number of hydrogen-bond acceptors (Lipinski definition) is 8. The third kappa shape index (κ3) is 4.72. The summed E-state index contributed by atoms with van der Waals surface area (Å²) >= 11 is 13.6. The Morgan fingerprint density at radius 2 is 1.93 bits per heavy atom.